The third-order valence-electron chi connectivity index (χ3n) is 7.37. The van der Waals surface area contributed by atoms with E-state index in [0.29, 0.717) is 29.8 Å². The van der Waals surface area contributed by atoms with E-state index in [4.69, 9.17) is 0 Å². The number of anilines is 3. The van der Waals surface area contributed by atoms with Crippen LogP contribution in [0.3, 0.4) is 0 Å². The highest BCUT2D eigenvalue weighted by Crippen LogP contribution is 2.31. The van der Waals surface area contributed by atoms with Crippen LogP contribution in [0.15, 0.2) is 33.9 Å². The van der Waals surface area contributed by atoms with Crippen LogP contribution < -0.4 is 26.4 Å². The van der Waals surface area contributed by atoms with Gasteiger partial charge in [-0.25, -0.2) is 0 Å². The fraction of sp³-hybridized carbons (Fsp3) is 0.577. The molecule has 1 amide bonds. The third kappa shape index (κ3) is 4.89. The number of aryl methyl sites for hydroxylation is 1. The highest BCUT2D eigenvalue weighted by atomic mass is 16.2. The Bertz CT molecular complexity index is 1010. The van der Waals surface area contributed by atoms with E-state index in [1.165, 1.54) is 5.56 Å². The number of hydrogen-bond donors (Lipinski definition) is 2. The summed E-state index contributed by atoms with van der Waals surface area (Å²) in [5.74, 6) is 1.24. The van der Waals surface area contributed by atoms with E-state index in [9.17, 15) is 14.4 Å². The molecule has 1 heterocycles. The van der Waals surface area contributed by atoms with Crippen molar-refractivity contribution in [1.29, 1.82) is 0 Å². The zero-order chi connectivity index (χ0) is 22.7. The second kappa shape index (κ2) is 9.88. The monoisotopic (exact) mass is 437 g/mol. The third-order valence-corrected chi connectivity index (χ3v) is 7.37. The normalized spacial score (nSPS) is 22.1. The molecule has 1 aliphatic heterocycles. The van der Waals surface area contributed by atoms with Gasteiger partial charge in [-0.3, -0.25) is 14.4 Å². The van der Waals surface area contributed by atoms with E-state index in [2.05, 4.69) is 35.4 Å². The Morgan fingerprint density at radius 1 is 1.03 bits per heavy atom. The van der Waals surface area contributed by atoms with Gasteiger partial charge in [0.2, 0.25) is 5.91 Å². The molecule has 4 rings (SSSR count). The molecule has 1 saturated carbocycles. The Kier molecular flexibility index (Phi) is 6.97. The smallest absolute Gasteiger partial charge is 0.253 e. The van der Waals surface area contributed by atoms with Crippen molar-refractivity contribution in [2.24, 2.45) is 17.8 Å². The predicted molar refractivity (Wildman–Crippen MR) is 130 cm³/mol. The van der Waals surface area contributed by atoms with Crippen LogP contribution in [0.25, 0.3) is 0 Å². The van der Waals surface area contributed by atoms with Gasteiger partial charge in [0.05, 0.1) is 0 Å². The van der Waals surface area contributed by atoms with Gasteiger partial charge in [-0.15, -0.1) is 0 Å². The Morgan fingerprint density at radius 3 is 2.44 bits per heavy atom. The molecule has 1 aliphatic carbocycles. The van der Waals surface area contributed by atoms with Crippen LogP contribution >= 0.6 is 0 Å². The summed E-state index contributed by atoms with van der Waals surface area (Å²) in [5.41, 5.74) is 2.49. The lowest BCUT2D eigenvalue weighted by atomic mass is 9.81. The highest BCUT2D eigenvalue weighted by molar-refractivity contribution is 5.92. The van der Waals surface area contributed by atoms with E-state index < -0.39 is 0 Å². The van der Waals surface area contributed by atoms with Gasteiger partial charge in [0.25, 0.3) is 10.9 Å². The summed E-state index contributed by atoms with van der Waals surface area (Å²) in [6, 6.07) is 8.04. The Morgan fingerprint density at radius 2 is 1.75 bits per heavy atom. The van der Waals surface area contributed by atoms with Gasteiger partial charge in [-0.1, -0.05) is 26.0 Å². The summed E-state index contributed by atoms with van der Waals surface area (Å²) in [6.07, 6.45) is 6.69. The quantitative estimate of drug-likeness (QED) is 0.642. The minimum atomic E-state index is -0.374. The van der Waals surface area contributed by atoms with Crippen molar-refractivity contribution in [1.82, 2.24) is 0 Å². The number of carbonyl (C=O) groups excluding carboxylic acids is 1. The molecule has 0 unspecified atom stereocenters. The van der Waals surface area contributed by atoms with Crippen molar-refractivity contribution in [3.63, 3.8) is 0 Å². The molecular weight excluding hydrogens is 402 g/mol. The first-order valence-corrected chi connectivity index (χ1v) is 12.2. The van der Waals surface area contributed by atoms with Gasteiger partial charge in [0.1, 0.15) is 11.4 Å². The van der Waals surface area contributed by atoms with Crippen LogP contribution in [0, 0.1) is 17.8 Å². The number of amides is 1. The molecule has 0 bridgehead atoms. The molecule has 0 spiro atoms. The van der Waals surface area contributed by atoms with Gasteiger partial charge in [-0.2, -0.15) is 0 Å². The lowest BCUT2D eigenvalue weighted by Gasteiger charge is -2.34. The average Bonchev–Trinajstić information content (AvgIpc) is 2.82. The van der Waals surface area contributed by atoms with Gasteiger partial charge >= 0.3 is 0 Å². The Hall–Kier alpha value is -2.63. The van der Waals surface area contributed by atoms with Crippen molar-refractivity contribution in [2.45, 2.75) is 58.8 Å². The van der Waals surface area contributed by atoms with Gasteiger partial charge < -0.3 is 15.5 Å². The SMILES string of the molecule is CCc1cccc(NC(=O)C2CCC(CNc3c(N4CCC(C)CC4)c(=O)c3=O)CC2)c1. The van der Waals surface area contributed by atoms with Crippen LogP contribution in [0.2, 0.25) is 0 Å². The molecule has 0 radical (unpaired) electrons. The molecule has 2 aromatic carbocycles. The summed E-state index contributed by atoms with van der Waals surface area (Å²) in [5, 5.41) is 6.37. The minimum Gasteiger partial charge on any atom is -0.380 e. The predicted octanol–water partition coefficient (Wildman–Crippen LogP) is 3.94. The summed E-state index contributed by atoms with van der Waals surface area (Å²) in [4.78, 5) is 39.1. The molecule has 32 heavy (non-hydrogen) atoms. The van der Waals surface area contributed by atoms with Crippen molar-refractivity contribution in [3.8, 4) is 0 Å². The molecule has 172 valence electrons. The molecular formula is C26H35N3O3. The van der Waals surface area contributed by atoms with E-state index in [0.717, 1.165) is 63.7 Å². The van der Waals surface area contributed by atoms with E-state index in [-0.39, 0.29) is 22.7 Å². The maximum absolute atomic E-state index is 12.7. The first kappa shape index (κ1) is 22.6. The van der Waals surface area contributed by atoms with Gasteiger partial charge in [-0.05, 0) is 74.5 Å². The summed E-state index contributed by atoms with van der Waals surface area (Å²) in [7, 11) is 0. The first-order valence-electron chi connectivity index (χ1n) is 12.2. The summed E-state index contributed by atoms with van der Waals surface area (Å²) >= 11 is 0. The lowest BCUT2D eigenvalue weighted by molar-refractivity contribution is -0.121. The van der Waals surface area contributed by atoms with Crippen LogP contribution in [0.1, 0.15) is 57.9 Å². The second-order valence-corrected chi connectivity index (χ2v) is 9.69. The number of rotatable bonds is 7. The molecule has 0 atom stereocenters. The zero-order valence-electron chi connectivity index (χ0n) is 19.3. The lowest BCUT2D eigenvalue weighted by Crippen LogP contribution is -2.45. The number of nitrogens with one attached hydrogen (secondary N) is 2. The van der Waals surface area contributed by atoms with Crippen LogP contribution in [-0.2, 0) is 11.2 Å². The fourth-order valence-electron chi connectivity index (χ4n) is 5.07. The average molecular weight is 438 g/mol. The van der Waals surface area contributed by atoms with E-state index >= 15 is 0 Å². The fourth-order valence-corrected chi connectivity index (χ4v) is 5.07. The largest absolute Gasteiger partial charge is 0.380 e. The van der Waals surface area contributed by atoms with E-state index in [1.807, 2.05) is 18.2 Å². The number of carbonyl (C=O) groups is 1. The maximum atomic E-state index is 12.7. The van der Waals surface area contributed by atoms with Crippen molar-refractivity contribution < 1.29 is 4.79 Å². The highest BCUT2D eigenvalue weighted by Gasteiger charge is 2.30. The zero-order valence-corrected chi connectivity index (χ0v) is 19.3. The summed E-state index contributed by atoms with van der Waals surface area (Å²) < 4.78 is 0. The first-order chi connectivity index (χ1) is 15.5. The molecule has 2 fully saturated rings. The summed E-state index contributed by atoms with van der Waals surface area (Å²) in [6.45, 7) is 6.73. The molecule has 2 N–H and O–H groups in total. The van der Waals surface area contributed by atoms with Crippen molar-refractivity contribution >= 4 is 23.0 Å². The van der Waals surface area contributed by atoms with Crippen molar-refractivity contribution in [2.75, 3.05) is 35.2 Å². The van der Waals surface area contributed by atoms with Crippen LogP contribution in [0.5, 0.6) is 0 Å². The number of piperidine rings is 1. The Balaban J connectivity index is 1.26. The maximum Gasteiger partial charge on any atom is 0.253 e. The van der Waals surface area contributed by atoms with E-state index in [1.54, 1.807) is 0 Å². The number of nitrogens with zero attached hydrogens (tertiary/aromatic N) is 1. The minimum absolute atomic E-state index is 0.0357. The standard InChI is InChI=1S/C26H35N3O3/c1-3-18-5-4-6-21(15-18)28-26(32)20-9-7-19(8-10-20)16-27-22-23(25(31)24(22)30)29-13-11-17(2)12-14-29/h4-6,15,17,19-20,27H,3,7-14,16H2,1-2H3,(H,28,32). The van der Waals surface area contributed by atoms with Crippen molar-refractivity contribution in [3.05, 3.63) is 50.3 Å². The molecule has 2 aliphatic rings. The van der Waals surface area contributed by atoms with Crippen LogP contribution in [0.4, 0.5) is 17.1 Å². The van der Waals surface area contributed by atoms with Crippen LogP contribution in [-0.4, -0.2) is 25.5 Å². The molecule has 0 aromatic heterocycles. The molecule has 1 saturated heterocycles. The molecule has 2 aromatic rings. The number of benzene rings is 1. The van der Waals surface area contributed by atoms with Gasteiger partial charge in [0, 0.05) is 31.2 Å². The Labute approximate surface area is 190 Å². The molecule has 6 nitrogen and oxygen atoms in total. The number of hydrogen-bond acceptors (Lipinski definition) is 5. The topological polar surface area (TPSA) is 78.5 Å². The second-order valence-electron chi connectivity index (χ2n) is 9.69. The van der Waals surface area contributed by atoms with Gasteiger partial charge in [0.15, 0.2) is 0 Å². The molecule has 6 heteroatoms.